The Labute approximate surface area is 180 Å². The predicted octanol–water partition coefficient (Wildman–Crippen LogP) is 3.36. The van der Waals surface area contributed by atoms with E-state index in [2.05, 4.69) is 20.5 Å². The fourth-order valence-electron chi connectivity index (χ4n) is 3.67. The number of pyridine rings is 1. The van der Waals surface area contributed by atoms with Crippen LogP contribution in [0.5, 0.6) is 5.75 Å². The van der Waals surface area contributed by atoms with Gasteiger partial charge in [0.25, 0.3) is 5.91 Å². The van der Waals surface area contributed by atoms with Gasteiger partial charge in [0.1, 0.15) is 17.1 Å². The quantitative estimate of drug-likeness (QED) is 0.638. The first kappa shape index (κ1) is 20.6. The molecule has 1 fully saturated rings. The summed E-state index contributed by atoms with van der Waals surface area (Å²) in [6.07, 6.45) is 3.20. The van der Waals surface area contributed by atoms with Crippen LogP contribution in [0.1, 0.15) is 30.3 Å². The molecule has 0 spiro atoms. The molecule has 8 nitrogen and oxygen atoms in total. The highest BCUT2D eigenvalue weighted by Crippen LogP contribution is 2.22. The number of benzene rings is 1. The molecule has 2 amide bonds. The molecule has 4 rings (SSSR count). The molecule has 2 N–H and O–H groups in total. The average molecular weight is 419 g/mol. The third-order valence-electron chi connectivity index (χ3n) is 5.25. The number of rotatable bonds is 6. The monoisotopic (exact) mass is 419 g/mol. The van der Waals surface area contributed by atoms with Crippen molar-refractivity contribution in [1.82, 2.24) is 20.1 Å². The number of piperidine rings is 1. The molecule has 0 radical (unpaired) electrons. The maximum absolute atomic E-state index is 13.0. The number of carbonyl (C=O) groups is 2. The molecule has 1 aliphatic heterocycles. The van der Waals surface area contributed by atoms with E-state index < -0.39 is 0 Å². The lowest BCUT2D eigenvalue weighted by atomic mass is 9.96. The number of anilines is 1. The third kappa shape index (κ3) is 4.91. The van der Waals surface area contributed by atoms with Gasteiger partial charge in [0, 0.05) is 25.0 Å². The number of ether oxygens (including phenoxy) is 1. The minimum atomic E-state index is -0.262. The highest BCUT2D eigenvalue weighted by Gasteiger charge is 2.30. The average Bonchev–Trinajstić information content (AvgIpc) is 3.31. The number of likely N-dealkylation sites (tertiary alicyclic amines) is 1. The molecule has 31 heavy (non-hydrogen) atoms. The highest BCUT2D eigenvalue weighted by atomic mass is 16.5. The Morgan fingerprint density at radius 2 is 2.03 bits per heavy atom. The summed E-state index contributed by atoms with van der Waals surface area (Å²) in [6, 6.07) is 14.5. The van der Waals surface area contributed by atoms with Gasteiger partial charge in [-0.05, 0) is 62.2 Å². The van der Waals surface area contributed by atoms with Crippen LogP contribution >= 0.6 is 0 Å². The lowest BCUT2D eigenvalue weighted by molar-refractivity contribution is -0.121. The number of nitrogens with zero attached hydrogens (tertiary/aromatic N) is 3. The fraction of sp³-hybridized carbons (Fsp3) is 0.304. The largest absolute Gasteiger partial charge is 0.494 e. The lowest BCUT2D eigenvalue weighted by Gasteiger charge is -2.31. The molecule has 160 valence electrons. The van der Waals surface area contributed by atoms with Gasteiger partial charge in [-0.25, -0.2) is 0 Å². The van der Waals surface area contributed by atoms with E-state index in [4.69, 9.17) is 4.74 Å². The van der Waals surface area contributed by atoms with E-state index in [1.165, 1.54) is 0 Å². The number of hydrogen-bond donors (Lipinski definition) is 2. The molecule has 1 atom stereocenters. The first-order chi connectivity index (χ1) is 15.1. The van der Waals surface area contributed by atoms with Crippen molar-refractivity contribution in [2.75, 3.05) is 25.0 Å². The van der Waals surface area contributed by atoms with Gasteiger partial charge in [-0.3, -0.25) is 19.7 Å². The molecule has 0 bridgehead atoms. The first-order valence-corrected chi connectivity index (χ1v) is 10.4. The molecule has 2 aromatic heterocycles. The molecule has 3 aromatic rings. The Hall–Kier alpha value is -3.68. The SMILES string of the molecule is CCOc1ccc(NC(=O)[C@H]2CCCN(C(=O)c3cc(-c4ccccn4)n[nH]3)C2)cc1. The molecular formula is C23H25N5O3. The summed E-state index contributed by atoms with van der Waals surface area (Å²) in [5, 5.41) is 9.96. The van der Waals surface area contributed by atoms with Gasteiger partial charge in [-0.15, -0.1) is 0 Å². The molecule has 0 aliphatic carbocycles. The third-order valence-corrected chi connectivity index (χ3v) is 5.25. The number of amides is 2. The van der Waals surface area contributed by atoms with Crippen LogP contribution in [0.15, 0.2) is 54.7 Å². The zero-order valence-corrected chi connectivity index (χ0v) is 17.4. The summed E-state index contributed by atoms with van der Waals surface area (Å²) >= 11 is 0. The number of nitrogens with one attached hydrogen (secondary N) is 2. The van der Waals surface area contributed by atoms with Crippen LogP contribution in [0.25, 0.3) is 11.4 Å². The van der Waals surface area contributed by atoms with Crippen LogP contribution in [-0.2, 0) is 4.79 Å². The summed E-state index contributed by atoms with van der Waals surface area (Å²) in [4.78, 5) is 31.7. The minimum absolute atomic E-state index is 0.0829. The molecule has 1 aromatic carbocycles. The second-order valence-corrected chi connectivity index (χ2v) is 7.42. The van der Waals surface area contributed by atoms with Crippen LogP contribution in [0, 0.1) is 5.92 Å². The molecule has 1 aliphatic rings. The van der Waals surface area contributed by atoms with Gasteiger partial charge in [-0.2, -0.15) is 5.10 Å². The Balaban J connectivity index is 1.38. The van der Waals surface area contributed by atoms with E-state index in [9.17, 15) is 9.59 Å². The first-order valence-electron chi connectivity index (χ1n) is 10.4. The number of hydrogen-bond acceptors (Lipinski definition) is 5. The summed E-state index contributed by atoms with van der Waals surface area (Å²) in [5.74, 6) is 0.260. The van der Waals surface area contributed by atoms with Crippen molar-refractivity contribution in [1.29, 1.82) is 0 Å². The van der Waals surface area contributed by atoms with Crippen molar-refractivity contribution >= 4 is 17.5 Å². The summed E-state index contributed by atoms with van der Waals surface area (Å²) in [5.41, 5.74) is 2.42. The van der Waals surface area contributed by atoms with Gasteiger partial charge in [0.05, 0.1) is 18.2 Å². The molecule has 8 heteroatoms. The van der Waals surface area contributed by atoms with Crippen LogP contribution in [0.2, 0.25) is 0 Å². The van der Waals surface area contributed by atoms with E-state index in [0.717, 1.165) is 18.6 Å². The summed E-state index contributed by atoms with van der Waals surface area (Å²) in [7, 11) is 0. The van der Waals surface area contributed by atoms with Crippen molar-refractivity contribution in [2.24, 2.45) is 5.92 Å². The lowest BCUT2D eigenvalue weighted by Crippen LogP contribution is -2.43. The normalized spacial score (nSPS) is 16.0. The van der Waals surface area contributed by atoms with Gasteiger partial charge < -0.3 is 15.0 Å². The van der Waals surface area contributed by atoms with Gasteiger partial charge >= 0.3 is 0 Å². The van der Waals surface area contributed by atoms with Gasteiger partial charge in [0.2, 0.25) is 5.91 Å². The van der Waals surface area contributed by atoms with Crippen molar-refractivity contribution < 1.29 is 14.3 Å². The fourth-order valence-corrected chi connectivity index (χ4v) is 3.67. The van der Waals surface area contributed by atoms with Crippen LogP contribution in [0.4, 0.5) is 5.69 Å². The Morgan fingerprint density at radius 1 is 1.19 bits per heavy atom. The van der Waals surface area contributed by atoms with Crippen molar-refractivity contribution in [3.05, 3.63) is 60.4 Å². The second-order valence-electron chi connectivity index (χ2n) is 7.42. The summed E-state index contributed by atoms with van der Waals surface area (Å²) in [6.45, 7) is 3.51. The van der Waals surface area contributed by atoms with E-state index >= 15 is 0 Å². The second kappa shape index (κ2) is 9.42. The van der Waals surface area contributed by atoms with E-state index in [-0.39, 0.29) is 17.7 Å². The maximum atomic E-state index is 13.0. The van der Waals surface area contributed by atoms with Crippen molar-refractivity contribution in [2.45, 2.75) is 19.8 Å². The van der Waals surface area contributed by atoms with Crippen LogP contribution < -0.4 is 10.1 Å². The molecule has 3 heterocycles. The Morgan fingerprint density at radius 3 is 2.77 bits per heavy atom. The van der Waals surface area contributed by atoms with E-state index in [1.54, 1.807) is 17.2 Å². The Bertz CT molecular complexity index is 1030. The van der Waals surface area contributed by atoms with E-state index in [1.807, 2.05) is 49.4 Å². The standard InChI is InChI=1S/C23H25N5O3/c1-2-31-18-10-8-17(9-11-18)25-22(29)16-6-5-13-28(15-16)23(30)21-14-20(26-27-21)19-7-3-4-12-24-19/h3-4,7-12,14,16H,2,5-6,13,15H2,1H3,(H,25,29)(H,26,27)/t16-/m0/s1. The molecular weight excluding hydrogens is 394 g/mol. The molecule has 0 saturated carbocycles. The number of aromatic nitrogens is 3. The van der Waals surface area contributed by atoms with Crippen molar-refractivity contribution in [3.63, 3.8) is 0 Å². The van der Waals surface area contributed by atoms with Gasteiger partial charge in [0.15, 0.2) is 0 Å². The number of aromatic amines is 1. The van der Waals surface area contributed by atoms with Crippen molar-refractivity contribution in [3.8, 4) is 17.1 Å². The smallest absolute Gasteiger partial charge is 0.271 e. The van der Waals surface area contributed by atoms with Crippen LogP contribution in [0.3, 0.4) is 0 Å². The molecule has 0 unspecified atom stereocenters. The zero-order valence-electron chi connectivity index (χ0n) is 17.4. The number of carbonyl (C=O) groups excluding carboxylic acids is 2. The van der Waals surface area contributed by atoms with Crippen LogP contribution in [-0.4, -0.2) is 51.6 Å². The zero-order chi connectivity index (χ0) is 21.6. The highest BCUT2D eigenvalue weighted by molar-refractivity contribution is 5.95. The van der Waals surface area contributed by atoms with E-state index in [0.29, 0.717) is 42.5 Å². The predicted molar refractivity (Wildman–Crippen MR) is 117 cm³/mol. The number of H-pyrrole nitrogens is 1. The maximum Gasteiger partial charge on any atom is 0.271 e. The topological polar surface area (TPSA) is 100 Å². The minimum Gasteiger partial charge on any atom is -0.494 e. The molecule has 1 saturated heterocycles. The van der Waals surface area contributed by atoms with Gasteiger partial charge in [-0.1, -0.05) is 6.07 Å². The summed E-state index contributed by atoms with van der Waals surface area (Å²) < 4.78 is 5.43. The Kier molecular flexibility index (Phi) is 6.26.